The fourth-order valence-electron chi connectivity index (χ4n) is 1.64. The summed E-state index contributed by atoms with van der Waals surface area (Å²) in [6.45, 7) is 0. The molecule has 0 radical (unpaired) electrons. The van der Waals surface area contributed by atoms with E-state index in [-0.39, 0.29) is 0 Å². The molecular weight excluding hydrogens is 186 g/mol. The van der Waals surface area contributed by atoms with Crippen LogP contribution in [0.15, 0.2) is 0 Å². The molecule has 0 saturated carbocycles. The first-order valence-corrected chi connectivity index (χ1v) is 5.46. The minimum absolute atomic E-state index is 0.520. The Kier molecular flexibility index (Phi) is 9.47. The second-order valence-electron chi connectivity index (χ2n) is 3.66. The largest absolute Gasteiger partial charge is 0.198 e. The van der Waals surface area contributed by atoms with Crippen molar-refractivity contribution >= 4 is 0 Å². The molecule has 0 saturated heterocycles. The quantitative estimate of drug-likeness (QED) is 0.568. The fourth-order valence-corrected chi connectivity index (χ4v) is 1.64. The minimum atomic E-state index is 0.520. The van der Waals surface area contributed by atoms with Crippen LogP contribution in [0, 0.1) is 39.9 Å². The van der Waals surface area contributed by atoms with E-state index in [4.69, 9.17) is 15.8 Å². The summed E-state index contributed by atoms with van der Waals surface area (Å²) in [5.74, 6) is 0.520. The molecule has 0 amide bonds. The zero-order chi connectivity index (χ0) is 11.4. The lowest BCUT2D eigenvalue weighted by Crippen LogP contribution is -2.00. The van der Waals surface area contributed by atoms with Crippen molar-refractivity contribution in [2.75, 3.05) is 0 Å². The van der Waals surface area contributed by atoms with Crippen LogP contribution >= 0.6 is 0 Å². The van der Waals surface area contributed by atoms with Gasteiger partial charge in [-0.2, -0.15) is 15.8 Å². The van der Waals surface area contributed by atoms with Gasteiger partial charge in [-0.05, 0) is 38.0 Å². The highest BCUT2D eigenvalue weighted by Crippen LogP contribution is 2.20. The molecule has 3 heteroatoms. The summed E-state index contributed by atoms with van der Waals surface area (Å²) in [5, 5.41) is 25.4. The highest BCUT2D eigenvalue weighted by molar-refractivity contribution is 4.76. The van der Waals surface area contributed by atoms with Crippen LogP contribution in [0.25, 0.3) is 0 Å². The zero-order valence-corrected chi connectivity index (χ0v) is 9.08. The molecule has 0 aliphatic carbocycles. The molecule has 0 spiro atoms. The summed E-state index contributed by atoms with van der Waals surface area (Å²) in [7, 11) is 0. The number of nitrogens with zero attached hydrogens (tertiary/aromatic N) is 3. The van der Waals surface area contributed by atoms with Gasteiger partial charge < -0.3 is 0 Å². The van der Waals surface area contributed by atoms with E-state index in [9.17, 15) is 0 Å². The zero-order valence-electron chi connectivity index (χ0n) is 9.08. The van der Waals surface area contributed by atoms with Gasteiger partial charge in [-0.25, -0.2) is 0 Å². The number of hydrogen-bond donors (Lipinski definition) is 0. The molecule has 80 valence electrons. The summed E-state index contributed by atoms with van der Waals surface area (Å²) < 4.78 is 0. The maximum Gasteiger partial charge on any atom is 0.0621 e. The van der Waals surface area contributed by atoms with Gasteiger partial charge >= 0.3 is 0 Å². The van der Waals surface area contributed by atoms with Gasteiger partial charge in [-0.3, -0.25) is 0 Å². The molecule has 0 fully saturated rings. The third-order valence-electron chi connectivity index (χ3n) is 2.47. The topological polar surface area (TPSA) is 71.4 Å². The highest BCUT2D eigenvalue weighted by Gasteiger charge is 2.07. The van der Waals surface area contributed by atoms with Gasteiger partial charge in [0.15, 0.2) is 0 Å². The Bertz CT molecular complexity index is 244. The Morgan fingerprint density at radius 1 is 0.667 bits per heavy atom. The minimum Gasteiger partial charge on any atom is -0.198 e. The monoisotopic (exact) mass is 203 g/mol. The van der Waals surface area contributed by atoms with Crippen molar-refractivity contribution in [3.8, 4) is 18.2 Å². The van der Waals surface area contributed by atoms with Crippen LogP contribution in [0.5, 0.6) is 0 Å². The third-order valence-corrected chi connectivity index (χ3v) is 2.47. The molecule has 0 heterocycles. The van der Waals surface area contributed by atoms with Crippen LogP contribution in [0.3, 0.4) is 0 Å². The SMILES string of the molecule is N#CCCCC(CCC#N)CCCC#N. The molecule has 0 bridgehead atoms. The molecule has 0 aliphatic heterocycles. The van der Waals surface area contributed by atoms with Crippen LogP contribution in [0.4, 0.5) is 0 Å². The number of rotatable bonds is 8. The van der Waals surface area contributed by atoms with E-state index in [1.54, 1.807) is 0 Å². The summed E-state index contributed by atoms with van der Waals surface area (Å²) in [4.78, 5) is 0. The lowest BCUT2D eigenvalue weighted by Gasteiger charge is -2.13. The van der Waals surface area contributed by atoms with Crippen molar-refractivity contribution in [2.24, 2.45) is 5.92 Å². The molecule has 0 aromatic heterocycles. The molecule has 0 aromatic rings. The second-order valence-corrected chi connectivity index (χ2v) is 3.66. The molecule has 0 atom stereocenters. The van der Waals surface area contributed by atoms with Crippen molar-refractivity contribution in [1.82, 2.24) is 0 Å². The molecule has 0 rings (SSSR count). The van der Waals surface area contributed by atoms with Gasteiger partial charge in [-0.15, -0.1) is 0 Å². The van der Waals surface area contributed by atoms with E-state index in [2.05, 4.69) is 18.2 Å². The lowest BCUT2D eigenvalue weighted by atomic mass is 9.92. The first kappa shape index (κ1) is 13.5. The van der Waals surface area contributed by atoms with Crippen LogP contribution in [0.1, 0.15) is 51.4 Å². The van der Waals surface area contributed by atoms with E-state index in [0.717, 1.165) is 32.1 Å². The molecule has 0 aromatic carbocycles. The number of nitriles is 3. The Balaban J connectivity index is 3.70. The average Bonchev–Trinajstić information content (AvgIpc) is 2.25. The average molecular weight is 203 g/mol. The van der Waals surface area contributed by atoms with E-state index in [1.165, 1.54) is 0 Å². The second kappa shape index (κ2) is 10.6. The van der Waals surface area contributed by atoms with Crippen LogP contribution in [-0.2, 0) is 0 Å². The van der Waals surface area contributed by atoms with E-state index < -0.39 is 0 Å². The van der Waals surface area contributed by atoms with Crippen molar-refractivity contribution in [1.29, 1.82) is 15.8 Å². The summed E-state index contributed by atoms with van der Waals surface area (Å²) in [6.07, 6.45) is 6.55. The molecule has 0 aliphatic rings. The maximum atomic E-state index is 8.50. The fraction of sp³-hybridized carbons (Fsp3) is 0.750. The Labute approximate surface area is 91.9 Å². The first-order valence-electron chi connectivity index (χ1n) is 5.46. The predicted molar refractivity (Wildman–Crippen MR) is 57.3 cm³/mol. The van der Waals surface area contributed by atoms with E-state index in [0.29, 0.717) is 25.2 Å². The van der Waals surface area contributed by atoms with Crippen molar-refractivity contribution < 1.29 is 0 Å². The Morgan fingerprint density at radius 2 is 1.13 bits per heavy atom. The van der Waals surface area contributed by atoms with Crippen LogP contribution in [0.2, 0.25) is 0 Å². The maximum absolute atomic E-state index is 8.50. The molecule has 0 N–H and O–H groups in total. The van der Waals surface area contributed by atoms with Gasteiger partial charge in [0, 0.05) is 19.3 Å². The van der Waals surface area contributed by atoms with Crippen molar-refractivity contribution in [2.45, 2.75) is 51.4 Å². The standard InChI is InChI=1S/C12H17N3/c13-9-3-1-6-12(8-5-11-15)7-2-4-10-14/h12H,1-8H2. The van der Waals surface area contributed by atoms with Gasteiger partial charge in [-0.1, -0.05) is 0 Å². The van der Waals surface area contributed by atoms with Crippen molar-refractivity contribution in [3.05, 3.63) is 0 Å². The third kappa shape index (κ3) is 8.79. The molecular formula is C12H17N3. The number of hydrogen-bond acceptors (Lipinski definition) is 3. The molecule has 3 nitrogen and oxygen atoms in total. The highest BCUT2D eigenvalue weighted by atomic mass is 14.3. The Morgan fingerprint density at radius 3 is 1.53 bits per heavy atom. The summed E-state index contributed by atoms with van der Waals surface area (Å²) >= 11 is 0. The smallest absolute Gasteiger partial charge is 0.0621 e. The molecule has 0 unspecified atom stereocenters. The van der Waals surface area contributed by atoms with E-state index in [1.807, 2.05) is 0 Å². The van der Waals surface area contributed by atoms with Crippen LogP contribution in [-0.4, -0.2) is 0 Å². The molecule has 15 heavy (non-hydrogen) atoms. The van der Waals surface area contributed by atoms with Crippen LogP contribution < -0.4 is 0 Å². The predicted octanol–water partition coefficient (Wildman–Crippen LogP) is 3.29. The van der Waals surface area contributed by atoms with Gasteiger partial charge in [0.1, 0.15) is 0 Å². The summed E-state index contributed by atoms with van der Waals surface area (Å²) in [5.41, 5.74) is 0. The van der Waals surface area contributed by atoms with Gasteiger partial charge in [0.25, 0.3) is 0 Å². The normalized spacial score (nSPS) is 9.20. The number of unbranched alkanes of at least 4 members (excludes halogenated alkanes) is 2. The lowest BCUT2D eigenvalue weighted by molar-refractivity contribution is 0.405. The van der Waals surface area contributed by atoms with Crippen molar-refractivity contribution in [3.63, 3.8) is 0 Å². The Hall–Kier alpha value is -1.53. The first-order chi connectivity index (χ1) is 7.35. The van der Waals surface area contributed by atoms with Gasteiger partial charge in [0.05, 0.1) is 18.2 Å². The summed E-state index contributed by atoms with van der Waals surface area (Å²) in [6, 6.07) is 6.41. The van der Waals surface area contributed by atoms with E-state index >= 15 is 0 Å². The van der Waals surface area contributed by atoms with Gasteiger partial charge in [0.2, 0.25) is 0 Å².